The van der Waals surface area contributed by atoms with Gasteiger partial charge >= 0.3 is 5.97 Å². The normalized spacial score (nSPS) is 25.7. The Hall–Kier alpha value is -3.61. The highest BCUT2D eigenvalue weighted by Crippen LogP contribution is 2.37. The number of esters is 1. The molecule has 5 atom stereocenters. The molecule has 3 heterocycles. The third kappa shape index (κ3) is 8.36. The third-order valence-electron chi connectivity index (χ3n) is 8.94. The van der Waals surface area contributed by atoms with Gasteiger partial charge in [-0.05, 0) is 80.9 Å². The molecular weight excluding hydrogens is 590 g/mol. The van der Waals surface area contributed by atoms with Gasteiger partial charge in [0.05, 0.1) is 11.8 Å². The van der Waals surface area contributed by atoms with Gasteiger partial charge in [-0.1, -0.05) is 39.0 Å². The topological polar surface area (TPSA) is 139 Å². The summed E-state index contributed by atoms with van der Waals surface area (Å²) in [6.45, 7) is 16.0. The van der Waals surface area contributed by atoms with Crippen molar-refractivity contribution in [2.45, 2.75) is 109 Å². The standard InChI is InChI=1S/C33H47N5O6Si/c1-20-31(41)38-16-10-12-27(37-38)32(42)43-21(2)23-14-15-24-19-34-26(18-25(24)17-23)11-9-13-28(39)36-29(30(40)35-20)22(3)44-45(7,8)33(4,5)6/h9,11,14-15,17-22,27,29,37H,10,12-13,16H2,1-8H3,(H,35,40)(H,36,39)/b11-9+/t20-,21+,22+,27-,29-/m0/s1. The number of carbonyl (C=O) groups is 4. The molecule has 4 rings (SSSR count). The highest BCUT2D eigenvalue weighted by molar-refractivity contribution is 6.74. The lowest BCUT2D eigenvalue weighted by Gasteiger charge is -2.40. The molecule has 1 aromatic carbocycles. The molecule has 2 aliphatic heterocycles. The van der Waals surface area contributed by atoms with Crippen LogP contribution < -0.4 is 16.1 Å². The molecule has 45 heavy (non-hydrogen) atoms. The summed E-state index contributed by atoms with van der Waals surface area (Å²) in [7, 11) is -2.31. The molecule has 0 saturated carbocycles. The number of hydrogen-bond donors (Lipinski definition) is 3. The smallest absolute Gasteiger partial charge is 0.325 e. The molecule has 0 unspecified atom stereocenters. The molecule has 11 nitrogen and oxygen atoms in total. The van der Waals surface area contributed by atoms with Gasteiger partial charge in [-0.15, -0.1) is 0 Å². The molecule has 1 saturated heterocycles. The van der Waals surface area contributed by atoms with Crippen molar-refractivity contribution >= 4 is 48.9 Å². The molecule has 0 spiro atoms. The van der Waals surface area contributed by atoms with Crippen molar-refractivity contribution in [2.24, 2.45) is 0 Å². The predicted octanol–water partition coefficient (Wildman–Crippen LogP) is 4.15. The molecule has 0 aliphatic carbocycles. The summed E-state index contributed by atoms with van der Waals surface area (Å²) in [5.41, 5.74) is 4.48. The van der Waals surface area contributed by atoms with Crippen LogP contribution in [0.15, 0.2) is 36.5 Å². The van der Waals surface area contributed by atoms with Crippen molar-refractivity contribution in [3.05, 3.63) is 47.8 Å². The number of amides is 3. The molecule has 244 valence electrons. The average Bonchev–Trinajstić information content (AvgIpc) is 2.97. The molecule has 3 N–H and O–H groups in total. The number of nitrogens with zero attached hydrogens (tertiary/aromatic N) is 2. The van der Waals surface area contributed by atoms with Crippen molar-refractivity contribution in [3.63, 3.8) is 0 Å². The number of aromatic nitrogens is 1. The second-order valence-electron chi connectivity index (χ2n) is 13.6. The Balaban J connectivity index is 1.66. The van der Waals surface area contributed by atoms with Crippen LogP contribution in [0, 0.1) is 0 Å². The molecule has 1 fully saturated rings. The van der Waals surface area contributed by atoms with Gasteiger partial charge in [0.1, 0.15) is 24.2 Å². The van der Waals surface area contributed by atoms with E-state index in [0.717, 1.165) is 16.3 Å². The van der Waals surface area contributed by atoms with E-state index in [1.807, 2.05) is 31.2 Å². The largest absolute Gasteiger partial charge is 0.457 e. The fourth-order valence-electron chi connectivity index (χ4n) is 5.18. The fraction of sp³-hybridized carbons (Fsp3) is 0.545. The van der Waals surface area contributed by atoms with Gasteiger partial charge in [0.25, 0.3) is 5.91 Å². The number of carbonyl (C=O) groups excluding carboxylic acids is 4. The van der Waals surface area contributed by atoms with Crippen LogP contribution in [0.4, 0.5) is 0 Å². The van der Waals surface area contributed by atoms with E-state index in [9.17, 15) is 19.2 Å². The molecule has 2 aromatic rings. The number of hydrogen-bond acceptors (Lipinski definition) is 8. The summed E-state index contributed by atoms with van der Waals surface area (Å²) in [6.07, 6.45) is 5.12. The summed E-state index contributed by atoms with van der Waals surface area (Å²) in [5.74, 6) is -1.75. The summed E-state index contributed by atoms with van der Waals surface area (Å²) in [5, 5.41) is 8.70. The van der Waals surface area contributed by atoms with Crippen LogP contribution in [0.2, 0.25) is 18.1 Å². The molecule has 1 aromatic heterocycles. The number of ether oxygens (including phenoxy) is 1. The van der Waals surface area contributed by atoms with Gasteiger partial charge in [-0.2, -0.15) is 0 Å². The number of pyridine rings is 1. The van der Waals surface area contributed by atoms with E-state index in [0.29, 0.717) is 25.1 Å². The maximum Gasteiger partial charge on any atom is 0.325 e. The van der Waals surface area contributed by atoms with Crippen LogP contribution in [-0.2, 0) is 28.3 Å². The van der Waals surface area contributed by atoms with Crippen LogP contribution >= 0.6 is 0 Å². The van der Waals surface area contributed by atoms with Gasteiger partial charge in [-0.3, -0.25) is 29.2 Å². The first-order valence-corrected chi connectivity index (χ1v) is 18.6. The minimum Gasteiger partial charge on any atom is -0.457 e. The van der Waals surface area contributed by atoms with Crippen molar-refractivity contribution in [2.75, 3.05) is 6.54 Å². The summed E-state index contributed by atoms with van der Waals surface area (Å²) >= 11 is 0. The first-order chi connectivity index (χ1) is 21.1. The average molecular weight is 638 g/mol. The van der Waals surface area contributed by atoms with Crippen LogP contribution in [0.5, 0.6) is 0 Å². The number of cyclic esters (lactones) is 1. The summed E-state index contributed by atoms with van der Waals surface area (Å²) < 4.78 is 12.3. The lowest BCUT2D eigenvalue weighted by molar-refractivity contribution is -0.157. The molecule has 12 heteroatoms. The first-order valence-electron chi connectivity index (χ1n) is 15.7. The zero-order valence-corrected chi connectivity index (χ0v) is 28.6. The van der Waals surface area contributed by atoms with Gasteiger partial charge < -0.3 is 19.8 Å². The highest BCUT2D eigenvalue weighted by atomic mass is 28.4. The quantitative estimate of drug-likeness (QED) is 0.337. The predicted molar refractivity (Wildman–Crippen MR) is 175 cm³/mol. The van der Waals surface area contributed by atoms with Crippen molar-refractivity contribution in [1.29, 1.82) is 0 Å². The number of fused-ring (bicyclic) bond motifs is 4. The number of rotatable bonds is 3. The van der Waals surface area contributed by atoms with E-state index < -0.39 is 56.4 Å². The Morgan fingerprint density at radius 2 is 1.80 bits per heavy atom. The Kier molecular flexibility index (Phi) is 10.5. The Morgan fingerprint density at radius 3 is 2.51 bits per heavy atom. The van der Waals surface area contributed by atoms with E-state index in [2.05, 4.69) is 54.9 Å². The Morgan fingerprint density at radius 1 is 1.07 bits per heavy atom. The maximum atomic E-state index is 13.7. The van der Waals surface area contributed by atoms with Crippen LogP contribution in [0.3, 0.4) is 0 Å². The van der Waals surface area contributed by atoms with Crippen molar-refractivity contribution < 1.29 is 28.3 Å². The van der Waals surface area contributed by atoms with E-state index >= 15 is 0 Å². The zero-order chi connectivity index (χ0) is 33.1. The highest BCUT2D eigenvalue weighted by Gasteiger charge is 2.42. The number of benzene rings is 1. The number of hydrazine groups is 1. The van der Waals surface area contributed by atoms with Crippen LogP contribution in [0.25, 0.3) is 16.8 Å². The fourth-order valence-corrected chi connectivity index (χ4v) is 6.60. The van der Waals surface area contributed by atoms with Gasteiger partial charge in [0.2, 0.25) is 11.8 Å². The molecule has 0 radical (unpaired) electrons. The van der Waals surface area contributed by atoms with E-state index in [1.165, 1.54) is 5.01 Å². The Bertz CT molecular complexity index is 1470. The molecular formula is C33H47N5O6Si. The summed E-state index contributed by atoms with van der Waals surface area (Å²) in [4.78, 5) is 57.9. The van der Waals surface area contributed by atoms with Gasteiger partial charge in [0.15, 0.2) is 8.32 Å². The van der Waals surface area contributed by atoms with Gasteiger partial charge in [-0.25, -0.2) is 5.43 Å². The SMILES string of the molecule is C[C@@H]1NC(=O)[C@H]([C@@H](C)O[Si](C)(C)C(C)(C)C)NC(=O)C/C=C/c2cc3cc(ccc3cn2)[C@@H](C)OC(=O)[C@@H]2CCCN(N2)C1=O. The maximum absolute atomic E-state index is 13.7. The first kappa shape index (κ1) is 34.3. The number of nitrogens with one attached hydrogen (secondary N) is 3. The second-order valence-corrected chi connectivity index (χ2v) is 18.3. The zero-order valence-electron chi connectivity index (χ0n) is 27.6. The van der Waals surface area contributed by atoms with Gasteiger partial charge in [0, 0.05) is 24.5 Å². The third-order valence-corrected chi connectivity index (χ3v) is 13.5. The van der Waals surface area contributed by atoms with Crippen molar-refractivity contribution in [1.82, 2.24) is 26.1 Å². The van der Waals surface area contributed by atoms with E-state index in [4.69, 9.17) is 9.16 Å². The van der Waals surface area contributed by atoms with Crippen LogP contribution in [-0.4, -0.2) is 72.8 Å². The summed E-state index contributed by atoms with van der Waals surface area (Å²) in [6, 6.07) is 5.00. The van der Waals surface area contributed by atoms with E-state index in [-0.39, 0.29) is 17.4 Å². The van der Waals surface area contributed by atoms with E-state index in [1.54, 1.807) is 32.2 Å². The molecule has 5 bridgehead atoms. The minimum atomic E-state index is -2.31. The van der Waals surface area contributed by atoms with Crippen molar-refractivity contribution in [3.8, 4) is 0 Å². The second kappa shape index (κ2) is 13.8. The minimum absolute atomic E-state index is 0.0108. The molecule has 3 amide bonds. The Labute approximate surface area is 266 Å². The lowest BCUT2D eigenvalue weighted by atomic mass is 10.0. The lowest BCUT2D eigenvalue weighted by Crippen LogP contribution is -2.62. The molecule has 2 aliphatic rings. The monoisotopic (exact) mass is 637 g/mol. The van der Waals surface area contributed by atoms with Crippen LogP contribution in [0.1, 0.15) is 78.2 Å².